The quantitative estimate of drug-likeness (QED) is 0.224. The summed E-state index contributed by atoms with van der Waals surface area (Å²) in [4.78, 5) is 101. The highest BCUT2D eigenvalue weighted by Crippen LogP contribution is 2.49. The van der Waals surface area contributed by atoms with Crippen LogP contribution in [0.3, 0.4) is 0 Å². The van der Waals surface area contributed by atoms with Crippen LogP contribution in [0, 0.1) is 11.3 Å². The van der Waals surface area contributed by atoms with E-state index >= 15 is 0 Å². The Hall–Kier alpha value is -4.12. The Labute approximate surface area is 373 Å². The number of carbonyl (C=O) groups is 7. The maximum absolute atomic E-state index is 14.4. The van der Waals surface area contributed by atoms with Crippen molar-refractivity contribution in [2.75, 3.05) is 27.7 Å². The van der Waals surface area contributed by atoms with Gasteiger partial charge in [-0.2, -0.15) is 13.2 Å². The van der Waals surface area contributed by atoms with E-state index in [1.54, 1.807) is 32.2 Å². The number of carbonyl (C=O) groups excluding carboxylic acids is 7. The number of alkyl halides is 3. The lowest BCUT2D eigenvalue weighted by molar-refractivity contribution is -0.230. The van der Waals surface area contributed by atoms with Crippen LogP contribution in [0.1, 0.15) is 111 Å². The van der Waals surface area contributed by atoms with E-state index in [0.717, 1.165) is 4.90 Å². The SMILES string of the molecule is CC[C@H](NC(=O)C1(C(F)(F)F)CCCCC1)C(=O)N[C@@H](C)C(=O)N(C)[C@H]1CCCCN(C)C(=O)[C@@H](CC)NC(=O)[C@H](Cc2cc(Cl)ccc2Cl)N(C)C(=O)[C@H](CC(C)C)NC1=O. The minimum Gasteiger partial charge on any atom is -0.344 e. The summed E-state index contributed by atoms with van der Waals surface area (Å²) < 4.78 is 42.8. The van der Waals surface area contributed by atoms with E-state index in [2.05, 4.69) is 21.3 Å². The molecule has 0 aromatic heterocycles. The molecule has 62 heavy (non-hydrogen) atoms. The fraction of sp³-hybridized carbons (Fsp3) is 0.698. The first kappa shape index (κ1) is 52.2. The lowest BCUT2D eigenvalue weighted by atomic mass is 9.72. The molecule has 6 atom stereocenters. The van der Waals surface area contributed by atoms with E-state index < -0.39 is 83.3 Å². The van der Waals surface area contributed by atoms with E-state index in [4.69, 9.17) is 23.2 Å². The van der Waals surface area contributed by atoms with Crippen LogP contribution in [0.15, 0.2) is 18.2 Å². The van der Waals surface area contributed by atoms with Crippen molar-refractivity contribution in [2.45, 2.75) is 154 Å². The van der Waals surface area contributed by atoms with Gasteiger partial charge in [-0.1, -0.05) is 70.2 Å². The third kappa shape index (κ3) is 13.2. The zero-order valence-corrected chi connectivity index (χ0v) is 38.6. The fourth-order valence-electron chi connectivity index (χ4n) is 8.12. The fourth-order valence-corrected chi connectivity index (χ4v) is 8.51. The minimum absolute atomic E-state index is 0.0579. The van der Waals surface area contributed by atoms with Gasteiger partial charge in [0, 0.05) is 44.2 Å². The zero-order valence-electron chi connectivity index (χ0n) is 37.1. The highest BCUT2D eigenvalue weighted by atomic mass is 35.5. The Morgan fingerprint density at radius 3 is 2.11 bits per heavy atom. The summed E-state index contributed by atoms with van der Waals surface area (Å²) in [5.41, 5.74) is -2.14. The second-order valence-electron chi connectivity index (χ2n) is 17.1. The Balaban J connectivity index is 1.93. The van der Waals surface area contributed by atoms with E-state index in [0.29, 0.717) is 34.9 Å². The van der Waals surface area contributed by atoms with Gasteiger partial charge in [0.1, 0.15) is 41.7 Å². The molecule has 0 unspecified atom stereocenters. The number of nitrogens with zero attached hydrogens (tertiary/aromatic N) is 3. The molecule has 19 heteroatoms. The number of rotatable bonds is 12. The van der Waals surface area contributed by atoms with Crippen molar-refractivity contribution in [1.29, 1.82) is 0 Å². The van der Waals surface area contributed by atoms with Gasteiger partial charge in [0.05, 0.1) is 0 Å². The van der Waals surface area contributed by atoms with Crippen molar-refractivity contribution in [3.63, 3.8) is 0 Å². The summed E-state index contributed by atoms with van der Waals surface area (Å²) in [7, 11) is 4.37. The summed E-state index contributed by atoms with van der Waals surface area (Å²) >= 11 is 12.8. The molecular weight excluding hydrogens is 854 g/mol. The Kier molecular flexibility index (Phi) is 19.4. The van der Waals surface area contributed by atoms with Crippen LogP contribution in [0.5, 0.6) is 0 Å². The van der Waals surface area contributed by atoms with Gasteiger partial charge in [-0.3, -0.25) is 33.6 Å². The van der Waals surface area contributed by atoms with Crippen LogP contribution < -0.4 is 21.3 Å². The average Bonchev–Trinajstić information content (AvgIpc) is 3.22. The lowest BCUT2D eigenvalue weighted by Crippen LogP contribution is -2.60. The van der Waals surface area contributed by atoms with Gasteiger partial charge >= 0.3 is 6.18 Å². The molecule has 7 amide bonds. The number of halogens is 5. The Bertz CT molecular complexity index is 1780. The van der Waals surface area contributed by atoms with Crippen molar-refractivity contribution in [2.24, 2.45) is 11.3 Å². The lowest BCUT2D eigenvalue weighted by Gasteiger charge is -2.38. The first-order valence-corrected chi connectivity index (χ1v) is 22.3. The van der Waals surface area contributed by atoms with Crippen LogP contribution in [0.4, 0.5) is 13.2 Å². The molecule has 4 N–H and O–H groups in total. The average molecular weight is 919 g/mol. The molecule has 3 rings (SSSR count). The number of nitrogens with one attached hydrogen (secondary N) is 4. The number of benzene rings is 1. The second kappa shape index (κ2) is 23.0. The van der Waals surface area contributed by atoms with Crippen LogP contribution in [0.2, 0.25) is 10.0 Å². The smallest absolute Gasteiger partial charge is 0.344 e. The molecule has 0 spiro atoms. The molecule has 1 aliphatic carbocycles. The van der Waals surface area contributed by atoms with Gasteiger partial charge in [-0.25, -0.2) is 0 Å². The summed E-state index contributed by atoms with van der Waals surface area (Å²) in [6.07, 6.45) is -3.49. The molecule has 0 radical (unpaired) electrons. The standard InChI is InChI=1S/C43H64Cl2F3N7O7/c1-9-30(52-41(62)42(43(46,47)48)19-13-11-14-20-42)35(56)49-26(5)38(59)54(7)33-16-12-15-21-53(6)39(60)31(10-2)50-37(58)34(24-27-23-28(44)17-18-29(27)45)55(8)40(61)32(22-25(3)4)51-36(33)57/h17-18,23,25-26,30-34H,9-16,19-22,24H2,1-8H3,(H,49,56)(H,50,58)(H,51,57)(H,52,62)/t26-,30-,31+,32-,33-,34-/m0/s1. The molecule has 1 aliphatic heterocycles. The maximum atomic E-state index is 14.4. The number of hydrogen-bond donors (Lipinski definition) is 4. The third-order valence-electron chi connectivity index (χ3n) is 12.0. The molecule has 1 aromatic carbocycles. The first-order valence-electron chi connectivity index (χ1n) is 21.5. The van der Waals surface area contributed by atoms with Crippen molar-refractivity contribution in [3.8, 4) is 0 Å². The van der Waals surface area contributed by atoms with E-state index in [1.165, 1.54) is 37.7 Å². The van der Waals surface area contributed by atoms with Crippen molar-refractivity contribution in [1.82, 2.24) is 36.0 Å². The monoisotopic (exact) mass is 917 g/mol. The summed E-state index contributed by atoms with van der Waals surface area (Å²) in [5.74, 6) is -5.27. The van der Waals surface area contributed by atoms with Crippen LogP contribution in [-0.4, -0.2) is 126 Å². The van der Waals surface area contributed by atoms with Gasteiger partial charge in [-0.05, 0) is 88.0 Å². The Morgan fingerprint density at radius 2 is 1.53 bits per heavy atom. The topological polar surface area (TPSA) is 177 Å². The van der Waals surface area contributed by atoms with Gasteiger partial charge in [0.2, 0.25) is 41.4 Å². The summed E-state index contributed by atoms with van der Waals surface area (Å²) in [6.45, 7) is 8.58. The van der Waals surface area contributed by atoms with E-state index in [-0.39, 0.29) is 76.2 Å². The largest absolute Gasteiger partial charge is 0.403 e. The highest BCUT2D eigenvalue weighted by molar-refractivity contribution is 6.33. The molecule has 2 aliphatic rings. The van der Waals surface area contributed by atoms with Gasteiger partial charge in [0.25, 0.3) is 0 Å². The number of hydrogen-bond acceptors (Lipinski definition) is 7. The normalized spacial score (nSPS) is 23.3. The maximum Gasteiger partial charge on any atom is 0.403 e. The van der Waals surface area contributed by atoms with Gasteiger partial charge in [0.15, 0.2) is 0 Å². The Morgan fingerprint density at radius 1 is 0.903 bits per heavy atom. The molecule has 14 nitrogen and oxygen atoms in total. The van der Waals surface area contributed by atoms with Crippen molar-refractivity contribution in [3.05, 3.63) is 33.8 Å². The second-order valence-corrected chi connectivity index (χ2v) is 17.9. The van der Waals surface area contributed by atoms with Gasteiger partial charge < -0.3 is 36.0 Å². The van der Waals surface area contributed by atoms with Crippen molar-refractivity contribution >= 4 is 64.6 Å². The molecule has 348 valence electrons. The third-order valence-corrected chi connectivity index (χ3v) is 12.6. The van der Waals surface area contributed by atoms with Crippen LogP contribution in [-0.2, 0) is 40.0 Å². The molecular formula is C43H64Cl2F3N7O7. The zero-order chi connectivity index (χ0) is 46.7. The molecule has 1 saturated heterocycles. The summed E-state index contributed by atoms with van der Waals surface area (Å²) in [5, 5.41) is 11.1. The molecule has 1 heterocycles. The molecule has 1 aromatic rings. The molecule has 1 saturated carbocycles. The minimum atomic E-state index is -4.82. The van der Waals surface area contributed by atoms with Gasteiger partial charge in [-0.15, -0.1) is 0 Å². The molecule has 2 fully saturated rings. The van der Waals surface area contributed by atoms with E-state index in [9.17, 15) is 46.7 Å². The summed E-state index contributed by atoms with van der Waals surface area (Å²) in [6, 6.07) is -2.40. The van der Waals surface area contributed by atoms with Crippen LogP contribution in [0.25, 0.3) is 0 Å². The first-order chi connectivity index (χ1) is 29.0. The predicted molar refractivity (Wildman–Crippen MR) is 230 cm³/mol. The predicted octanol–water partition coefficient (Wildman–Crippen LogP) is 5.17. The highest BCUT2D eigenvalue weighted by Gasteiger charge is 2.60. The molecule has 0 bridgehead atoms. The number of amides is 7. The van der Waals surface area contributed by atoms with Crippen LogP contribution >= 0.6 is 23.2 Å². The van der Waals surface area contributed by atoms with E-state index in [1.807, 2.05) is 13.8 Å². The van der Waals surface area contributed by atoms with Crippen molar-refractivity contribution < 1.29 is 46.7 Å². The number of likely N-dealkylation sites (N-methyl/N-ethyl adjacent to an activating group) is 3.